The smallest absolute Gasteiger partial charge is 0.346 e. The molecule has 0 bridgehead atoms. The van der Waals surface area contributed by atoms with Crippen LogP contribution in [-0.4, -0.2) is 39.9 Å². The molecule has 1 aromatic carbocycles. The van der Waals surface area contributed by atoms with E-state index in [0.717, 1.165) is 11.8 Å². The molecule has 1 aliphatic rings. The Bertz CT molecular complexity index is 1200. The van der Waals surface area contributed by atoms with Crippen LogP contribution in [0.25, 0.3) is 0 Å². The van der Waals surface area contributed by atoms with Crippen LogP contribution in [0.3, 0.4) is 0 Å². The van der Waals surface area contributed by atoms with E-state index in [1.165, 1.54) is 29.3 Å². The average molecular weight is 467 g/mol. The highest BCUT2D eigenvalue weighted by molar-refractivity contribution is 5.96. The van der Waals surface area contributed by atoms with Gasteiger partial charge in [0.2, 0.25) is 0 Å². The van der Waals surface area contributed by atoms with Crippen LogP contribution in [0.1, 0.15) is 32.0 Å². The fourth-order valence-corrected chi connectivity index (χ4v) is 3.44. The van der Waals surface area contributed by atoms with Crippen molar-refractivity contribution < 1.29 is 22.8 Å². The molecule has 1 N–H and O–H groups in total. The van der Waals surface area contributed by atoms with Crippen molar-refractivity contribution in [3.63, 3.8) is 0 Å². The molecule has 34 heavy (non-hydrogen) atoms. The molecule has 7 nitrogen and oxygen atoms in total. The summed E-state index contributed by atoms with van der Waals surface area (Å²) in [5, 5.41) is 2.76. The first-order valence-electron chi connectivity index (χ1n) is 10.4. The first kappa shape index (κ1) is 23.0. The summed E-state index contributed by atoms with van der Waals surface area (Å²) < 4.78 is 40.0. The van der Waals surface area contributed by atoms with E-state index in [0.29, 0.717) is 11.4 Å². The molecule has 3 heterocycles. The van der Waals surface area contributed by atoms with Gasteiger partial charge in [-0.1, -0.05) is 18.2 Å². The molecule has 174 valence electrons. The van der Waals surface area contributed by atoms with Crippen LogP contribution in [0.5, 0.6) is 0 Å². The van der Waals surface area contributed by atoms with Crippen molar-refractivity contribution in [3.8, 4) is 0 Å². The fourth-order valence-electron chi connectivity index (χ4n) is 3.44. The highest BCUT2D eigenvalue weighted by Crippen LogP contribution is 2.32. The van der Waals surface area contributed by atoms with Crippen molar-refractivity contribution in [3.05, 3.63) is 102 Å². The van der Waals surface area contributed by atoms with Crippen LogP contribution in [-0.2, 0) is 12.7 Å². The minimum absolute atomic E-state index is 0.0136. The molecule has 0 aliphatic carbocycles. The maximum atomic E-state index is 13.3. The number of alkyl halides is 3. The van der Waals surface area contributed by atoms with Crippen molar-refractivity contribution in [1.29, 1.82) is 0 Å². The standard InChI is InChI=1S/C24H20F3N5O2/c25-24(26,27)20-8-2-1-7-19(20)23(34)32-13-5-12-31(16-32)21-10-9-17(14-29-21)22(33)30-15-18-6-3-4-11-28-18/h1-12,14H,13,15-16H2,(H,30,33). The lowest BCUT2D eigenvalue weighted by atomic mass is 10.1. The second kappa shape index (κ2) is 9.74. The molecule has 3 aromatic rings. The Morgan fingerprint density at radius 3 is 2.50 bits per heavy atom. The number of hydrogen-bond acceptors (Lipinski definition) is 5. The molecule has 0 saturated carbocycles. The predicted molar refractivity (Wildman–Crippen MR) is 119 cm³/mol. The summed E-state index contributed by atoms with van der Waals surface area (Å²) >= 11 is 0. The predicted octanol–water partition coefficient (Wildman–Crippen LogP) is 3.86. The summed E-state index contributed by atoms with van der Waals surface area (Å²) in [7, 11) is 0. The van der Waals surface area contributed by atoms with Crippen molar-refractivity contribution in [2.24, 2.45) is 0 Å². The van der Waals surface area contributed by atoms with Crippen molar-refractivity contribution in [2.75, 3.05) is 18.1 Å². The summed E-state index contributed by atoms with van der Waals surface area (Å²) in [6.07, 6.45) is 1.76. The molecule has 0 atom stereocenters. The number of carbonyl (C=O) groups excluding carboxylic acids is 2. The SMILES string of the molecule is O=C(NCc1ccccn1)c1ccc(N2C=CCN(C(=O)c3ccccc3C(F)(F)F)C2)nc1. The van der Waals surface area contributed by atoms with E-state index in [9.17, 15) is 22.8 Å². The lowest BCUT2D eigenvalue weighted by Gasteiger charge is -2.32. The Morgan fingerprint density at radius 2 is 1.79 bits per heavy atom. The molecule has 0 spiro atoms. The van der Waals surface area contributed by atoms with Gasteiger partial charge in [0.15, 0.2) is 0 Å². The Balaban J connectivity index is 1.43. The third-order valence-corrected chi connectivity index (χ3v) is 5.14. The zero-order chi connectivity index (χ0) is 24.1. The van der Waals surface area contributed by atoms with Gasteiger partial charge in [0.05, 0.1) is 35.6 Å². The molecule has 0 radical (unpaired) electrons. The highest BCUT2D eigenvalue weighted by atomic mass is 19.4. The van der Waals surface area contributed by atoms with Crippen LogP contribution in [0.4, 0.5) is 19.0 Å². The van der Waals surface area contributed by atoms with Gasteiger partial charge in [-0.05, 0) is 42.5 Å². The molecule has 2 aromatic heterocycles. The molecular formula is C24H20F3N5O2. The van der Waals surface area contributed by atoms with Gasteiger partial charge >= 0.3 is 6.18 Å². The van der Waals surface area contributed by atoms with Crippen LogP contribution < -0.4 is 10.2 Å². The van der Waals surface area contributed by atoms with Crippen LogP contribution in [0, 0.1) is 0 Å². The quantitative estimate of drug-likeness (QED) is 0.617. The number of halogens is 3. The number of carbonyl (C=O) groups is 2. The van der Waals surface area contributed by atoms with Gasteiger partial charge in [0, 0.05) is 25.1 Å². The Kier molecular flexibility index (Phi) is 6.58. The van der Waals surface area contributed by atoms with E-state index in [1.54, 1.807) is 47.6 Å². The topological polar surface area (TPSA) is 78.4 Å². The molecule has 0 unspecified atom stereocenters. The van der Waals surface area contributed by atoms with Gasteiger partial charge < -0.3 is 15.1 Å². The summed E-state index contributed by atoms with van der Waals surface area (Å²) in [6.45, 7) is 0.446. The molecule has 1 aliphatic heterocycles. The van der Waals surface area contributed by atoms with Crippen molar-refractivity contribution in [1.82, 2.24) is 20.2 Å². The normalized spacial score (nSPS) is 13.6. The summed E-state index contributed by atoms with van der Waals surface area (Å²) in [5.74, 6) is -0.605. The van der Waals surface area contributed by atoms with Crippen LogP contribution in [0.15, 0.2) is 79.3 Å². The van der Waals surface area contributed by atoms with E-state index in [-0.39, 0.29) is 25.7 Å². The number of nitrogens with one attached hydrogen (secondary N) is 1. The number of amides is 2. The summed E-state index contributed by atoms with van der Waals surface area (Å²) in [4.78, 5) is 36.6. The summed E-state index contributed by atoms with van der Waals surface area (Å²) in [5.41, 5.74) is -0.318. The van der Waals surface area contributed by atoms with Gasteiger partial charge in [-0.15, -0.1) is 0 Å². The van der Waals surface area contributed by atoms with Gasteiger partial charge in [-0.25, -0.2) is 4.98 Å². The van der Waals surface area contributed by atoms with Crippen LogP contribution >= 0.6 is 0 Å². The Hall–Kier alpha value is -4.21. The van der Waals surface area contributed by atoms with Crippen molar-refractivity contribution >= 4 is 17.6 Å². The third-order valence-electron chi connectivity index (χ3n) is 5.14. The lowest BCUT2D eigenvalue weighted by Crippen LogP contribution is -2.43. The van der Waals surface area contributed by atoms with Crippen molar-refractivity contribution in [2.45, 2.75) is 12.7 Å². The van der Waals surface area contributed by atoms with Gasteiger partial charge in [-0.2, -0.15) is 13.2 Å². The van der Waals surface area contributed by atoms with E-state index in [4.69, 9.17) is 0 Å². The first-order chi connectivity index (χ1) is 16.3. The molecule has 10 heteroatoms. The van der Waals surface area contributed by atoms with E-state index in [2.05, 4.69) is 15.3 Å². The number of benzene rings is 1. The average Bonchev–Trinajstić information content (AvgIpc) is 2.87. The minimum Gasteiger partial charge on any atom is -0.346 e. The molecule has 4 rings (SSSR count). The molecule has 2 amide bonds. The van der Waals surface area contributed by atoms with E-state index < -0.39 is 23.2 Å². The third kappa shape index (κ3) is 5.22. The number of pyridine rings is 2. The van der Waals surface area contributed by atoms with E-state index in [1.807, 2.05) is 6.07 Å². The zero-order valence-electron chi connectivity index (χ0n) is 17.9. The first-order valence-corrected chi connectivity index (χ1v) is 10.4. The highest BCUT2D eigenvalue weighted by Gasteiger charge is 2.36. The Labute approximate surface area is 193 Å². The maximum absolute atomic E-state index is 13.3. The second-order valence-electron chi connectivity index (χ2n) is 7.48. The fraction of sp³-hybridized carbons (Fsp3) is 0.167. The monoisotopic (exact) mass is 467 g/mol. The summed E-state index contributed by atoms with van der Waals surface area (Å²) in [6, 6.07) is 13.3. The molecular weight excluding hydrogens is 447 g/mol. The van der Waals surface area contributed by atoms with Gasteiger partial charge in [-0.3, -0.25) is 14.6 Å². The number of anilines is 1. The Morgan fingerprint density at radius 1 is 1.00 bits per heavy atom. The lowest BCUT2D eigenvalue weighted by molar-refractivity contribution is -0.138. The maximum Gasteiger partial charge on any atom is 0.417 e. The molecule has 0 fully saturated rings. The zero-order valence-corrected chi connectivity index (χ0v) is 17.9. The number of hydrogen-bond donors (Lipinski definition) is 1. The van der Waals surface area contributed by atoms with Gasteiger partial charge in [0.25, 0.3) is 11.8 Å². The number of nitrogens with zero attached hydrogens (tertiary/aromatic N) is 4. The van der Waals surface area contributed by atoms with E-state index >= 15 is 0 Å². The van der Waals surface area contributed by atoms with Gasteiger partial charge in [0.1, 0.15) is 5.82 Å². The van der Waals surface area contributed by atoms with Crippen LogP contribution in [0.2, 0.25) is 0 Å². The molecule has 0 saturated heterocycles. The minimum atomic E-state index is -4.63. The number of aromatic nitrogens is 2. The largest absolute Gasteiger partial charge is 0.417 e. The number of rotatable bonds is 5. The second-order valence-corrected chi connectivity index (χ2v) is 7.48.